The van der Waals surface area contributed by atoms with E-state index in [9.17, 15) is 29.4 Å². The molecule has 0 spiro atoms. The molecule has 4 unspecified atom stereocenters. The van der Waals surface area contributed by atoms with Gasteiger partial charge < -0.3 is 54.8 Å². The zero-order chi connectivity index (χ0) is 31.8. The predicted molar refractivity (Wildman–Crippen MR) is 158 cm³/mol. The number of rotatable bonds is 18. The fourth-order valence-corrected chi connectivity index (χ4v) is 3.82. The van der Waals surface area contributed by atoms with Crippen molar-refractivity contribution in [2.75, 3.05) is 13.1 Å². The Balaban J connectivity index is 3.15. The van der Waals surface area contributed by atoms with E-state index in [1.807, 2.05) is 0 Å². The van der Waals surface area contributed by atoms with E-state index >= 15 is 0 Å². The Hall–Kier alpha value is -4.60. The zero-order valence-electron chi connectivity index (χ0n) is 24.0. The normalized spacial score (nSPS) is 13.6. The Kier molecular flexibility index (Phi) is 15.1. The molecule has 0 aliphatic heterocycles. The van der Waals surface area contributed by atoms with Crippen LogP contribution in [-0.4, -0.2) is 83.1 Å². The maximum absolute atomic E-state index is 13.5. The maximum atomic E-state index is 13.5. The van der Waals surface area contributed by atoms with Crippen LogP contribution in [0.4, 0.5) is 0 Å². The molecule has 16 nitrogen and oxygen atoms in total. The molecule has 1 aromatic rings. The number of amides is 3. The van der Waals surface area contributed by atoms with E-state index in [0.717, 1.165) is 0 Å². The summed E-state index contributed by atoms with van der Waals surface area (Å²) in [6, 6.07) is 1.51. The van der Waals surface area contributed by atoms with E-state index in [0.29, 0.717) is 12.0 Å². The van der Waals surface area contributed by atoms with E-state index in [1.165, 1.54) is 12.1 Å². The molecule has 0 radical (unpaired) electrons. The first kappa shape index (κ1) is 35.4. The number of guanidine groups is 2. The number of aliphatic carboxylic acids is 1. The molecular formula is C26H44N10O6. The fourth-order valence-electron chi connectivity index (χ4n) is 3.82. The van der Waals surface area contributed by atoms with Gasteiger partial charge in [-0.25, -0.2) is 4.79 Å². The van der Waals surface area contributed by atoms with Crippen molar-refractivity contribution in [1.29, 1.82) is 0 Å². The van der Waals surface area contributed by atoms with Crippen molar-refractivity contribution in [3.63, 3.8) is 0 Å². The van der Waals surface area contributed by atoms with Gasteiger partial charge in [0.05, 0.1) is 6.04 Å². The lowest BCUT2D eigenvalue weighted by Gasteiger charge is -2.26. The molecule has 3 amide bonds. The first-order valence-electron chi connectivity index (χ1n) is 13.5. The third-order valence-electron chi connectivity index (χ3n) is 6.12. The predicted octanol–water partition coefficient (Wildman–Crippen LogP) is -2.44. The summed E-state index contributed by atoms with van der Waals surface area (Å²) in [5, 5.41) is 26.8. The van der Waals surface area contributed by atoms with Crippen molar-refractivity contribution >= 4 is 35.6 Å². The van der Waals surface area contributed by atoms with Crippen LogP contribution in [0.3, 0.4) is 0 Å². The number of carboxylic acids is 1. The minimum absolute atomic E-state index is 0.00462. The number of carbonyl (C=O) groups is 4. The molecule has 0 aliphatic rings. The first-order valence-corrected chi connectivity index (χ1v) is 13.5. The summed E-state index contributed by atoms with van der Waals surface area (Å²) in [5.74, 6) is -3.91. The molecule has 0 saturated heterocycles. The van der Waals surface area contributed by atoms with Gasteiger partial charge >= 0.3 is 5.97 Å². The molecule has 0 fully saturated rings. The molecule has 1 rings (SSSR count). The van der Waals surface area contributed by atoms with Crippen LogP contribution in [-0.2, 0) is 25.6 Å². The molecule has 16 heteroatoms. The molecule has 0 saturated carbocycles. The second-order valence-electron chi connectivity index (χ2n) is 10.1. The summed E-state index contributed by atoms with van der Waals surface area (Å²) in [5.41, 5.74) is 27.9. The average molecular weight is 593 g/mol. The van der Waals surface area contributed by atoms with E-state index in [2.05, 4.69) is 25.9 Å². The number of aliphatic imine (C=N–C) groups is 2. The van der Waals surface area contributed by atoms with Gasteiger partial charge in [-0.1, -0.05) is 26.0 Å². The van der Waals surface area contributed by atoms with E-state index in [4.69, 9.17) is 28.7 Å². The van der Waals surface area contributed by atoms with Gasteiger partial charge in [-0.15, -0.1) is 0 Å². The first-order chi connectivity index (χ1) is 19.7. The van der Waals surface area contributed by atoms with Crippen molar-refractivity contribution in [1.82, 2.24) is 16.0 Å². The summed E-state index contributed by atoms with van der Waals surface area (Å²) in [7, 11) is 0. The molecule has 15 N–H and O–H groups in total. The number of benzene rings is 1. The highest BCUT2D eigenvalue weighted by atomic mass is 16.4. The smallest absolute Gasteiger partial charge is 0.326 e. The van der Waals surface area contributed by atoms with Crippen molar-refractivity contribution in [3.8, 4) is 5.75 Å². The quantitative estimate of drug-likeness (QED) is 0.0485. The second kappa shape index (κ2) is 18.0. The van der Waals surface area contributed by atoms with Crippen molar-refractivity contribution in [2.24, 2.45) is 44.6 Å². The Morgan fingerprint density at radius 3 is 1.79 bits per heavy atom. The minimum Gasteiger partial charge on any atom is -0.508 e. The van der Waals surface area contributed by atoms with Crippen molar-refractivity contribution in [3.05, 3.63) is 29.8 Å². The Morgan fingerprint density at radius 1 is 0.786 bits per heavy atom. The van der Waals surface area contributed by atoms with Gasteiger partial charge in [0.1, 0.15) is 23.9 Å². The number of carboxylic acid groups (broad SMARTS) is 1. The van der Waals surface area contributed by atoms with Crippen molar-refractivity contribution in [2.45, 2.75) is 70.1 Å². The minimum atomic E-state index is -1.23. The Labute approximate surface area is 244 Å². The number of nitrogens with two attached hydrogens (primary N) is 5. The standard InChI is InChI=1S/C26H44N10O6/c1-14(2)20(24(41)42)36-22(39)18(6-4-12-33-26(30)31)34-23(40)19(13-15-7-9-16(37)10-8-15)35-21(38)17(27)5-3-11-32-25(28)29/h7-10,14,17-20,37H,3-6,11-13,27H2,1-2H3,(H,34,40)(H,35,38)(H,36,39)(H,41,42)(H4,28,29,32)(H4,30,31,33). The van der Waals surface area contributed by atoms with Crippen LogP contribution in [0.2, 0.25) is 0 Å². The van der Waals surface area contributed by atoms with Crippen LogP contribution >= 0.6 is 0 Å². The topological polar surface area (TPSA) is 300 Å². The number of carbonyl (C=O) groups excluding carboxylic acids is 3. The highest BCUT2D eigenvalue weighted by Gasteiger charge is 2.31. The summed E-state index contributed by atoms with van der Waals surface area (Å²) in [4.78, 5) is 58.9. The number of phenolic OH excluding ortho intramolecular Hbond substituents is 1. The lowest BCUT2D eigenvalue weighted by atomic mass is 10.0. The second-order valence-corrected chi connectivity index (χ2v) is 10.1. The van der Waals surface area contributed by atoms with E-state index in [1.54, 1.807) is 26.0 Å². The van der Waals surface area contributed by atoms with E-state index in [-0.39, 0.29) is 56.4 Å². The molecule has 0 aliphatic carbocycles. The van der Waals surface area contributed by atoms with Crippen LogP contribution in [0.15, 0.2) is 34.3 Å². The van der Waals surface area contributed by atoms with Gasteiger partial charge in [0, 0.05) is 19.5 Å². The molecule has 4 atom stereocenters. The molecule has 42 heavy (non-hydrogen) atoms. The summed E-state index contributed by atoms with van der Waals surface area (Å²) >= 11 is 0. The number of nitrogens with one attached hydrogen (secondary N) is 3. The molecular weight excluding hydrogens is 548 g/mol. The lowest BCUT2D eigenvalue weighted by molar-refractivity contribution is -0.143. The fraction of sp³-hybridized carbons (Fsp3) is 0.538. The molecule has 0 bridgehead atoms. The number of hydrogen-bond donors (Lipinski definition) is 10. The third kappa shape index (κ3) is 13.6. The summed E-state index contributed by atoms with van der Waals surface area (Å²) in [6.07, 6.45) is 1.01. The van der Waals surface area contributed by atoms with Crippen LogP contribution in [0.25, 0.3) is 0 Å². The Morgan fingerprint density at radius 2 is 1.29 bits per heavy atom. The third-order valence-corrected chi connectivity index (χ3v) is 6.12. The highest BCUT2D eigenvalue weighted by molar-refractivity contribution is 5.94. The molecule has 0 heterocycles. The van der Waals surface area contributed by atoms with Gasteiger partial charge in [-0.2, -0.15) is 0 Å². The van der Waals surface area contributed by atoms with Gasteiger partial charge in [0.15, 0.2) is 11.9 Å². The molecule has 1 aromatic carbocycles. The molecule has 234 valence electrons. The number of nitrogens with zero attached hydrogens (tertiary/aromatic N) is 2. The van der Waals surface area contributed by atoms with Crippen molar-refractivity contribution < 1.29 is 29.4 Å². The summed E-state index contributed by atoms with van der Waals surface area (Å²) < 4.78 is 0. The lowest BCUT2D eigenvalue weighted by Crippen LogP contribution is -2.58. The largest absolute Gasteiger partial charge is 0.508 e. The van der Waals surface area contributed by atoms with Gasteiger partial charge in [-0.3, -0.25) is 24.4 Å². The molecule has 0 aromatic heterocycles. The van der Waals surface area contributed by atoms with Crippen LogP contribution < -0.4 is 44.6 Å². The highest BCUT2D eigenvalue weighted by Crippen LogP contribution is 2.13. The van der Waals surface area contributed by atoms with Gasteiger partial charge in [0.2, 0.25) is 17.7 Å². The van der Waals surface area contributed by atoms with Gasteiger partial charge in [-0.05, 0) is 49.3 Å². The SMILES string of the molecule is CC(C)C(NC(=O)C(CCCN=C(N)N)NC(=O)C(Cc1ccc(O)cc1)NC(=O)C(N)CCCN=C(N)N)C(=O)O. The Bertz CT molecular complexity index is 1100. The monoisotopic (exact) mass is 592 g/mol. The zero-order valence-corrected chi connectivity index (χ0v) is 24.0. The average Bonchev–Trinajstić information content (AvgIpc) is 2.91. The maximum Gasteiger partial charge on any atom is 0.326 e. The number of phenols is 1. The van der Waals surface area contributed by atoms with E-state index < -0.39 is 53.8 Å². The van der Waals surface area contributed by atoms with Crippen LogP contribution in [0.5, 0.6) is 5.75 Å². The van der Waals surface area contributed by atoms with Gasteiger partial charge in [0.25, 0.3) is 0 Å². The van der Waals surface area contributed by atoms with Crippen LogP contribution in [0, 0.1) is 5.92 Å². The van der Waals surface area contributed by atoms with Crippen LogP contribution in [0.1, 0.15) is 45.1 Å². The number of hydrogen-bond acceptors (Lipinski definition) is 8. The summed E-state index contributed by atoms with van der Waals surface area (Å²) in [6.45, 7) is 3.70. The number of aromatic hydroxyl groups is 1.